The Morgan fingerprint density at radius 3 is 2.19 bits per heavy atom. The van der Waals surface area contributed by atoms with Crippen LogP contribution in [0.15, 0.2) is 101 Å². The monoisotopic (exact) mass is 569 g/mol. The molecule has 0 saturated carbocycles. The van der Waals surface area contributed by atoms with Gasteiger partial charge in [-0.15, -0.1) is 0 Å². The molecule has 3 aromatic rings. The van der Waals surface area contributed by atoms with Gasteiger partial charge in [0.15, 0.2) is 0 Å². The zero-order chi connectivity index (χ0) is 30.4. The molecule has 0 bridgehead atoms. The summed E-state index contributed by atoms with van der Waals surface area (Å²) in [7, 11) is 3.22. The van der Waals surface area contributed by atoms with E-state index < -0.39 is 28.9 Å². The van der Waals surface area contributed by atoms with Gasteiger partial charge >= 0.3 is 11.9 Å². The molecule has 42 heavy (non-hydrogen) atoms. The van der Waals surface area contributed by atoms with E-state index in [9.17, 15) is 19.7 Å². The lowest BCUT2D eigenvalue weighted by Gasteiger charge is -2.32. The topological polar surface area (TPSA) is 111 Å². The Bertz CT molecular complexity index is 1530. The Balaban J connectivity index is 1.72. The van der Waals surface area contributed by atoms with Crippen LogP contribution in [0.3, 0.4) is 0 Å². The molecule has 0 aliphatic carbocycles. The molecule has 0 radical (unpaired) electrons. The van der Waals surface area contributed by atoms with Crippen LogP contribution in [-0.4, -0.2) is 42.5 Å². The Morgan fingerprint density at radius 1 is 0.929 bits per heavy atom. The van der Waals surface area contributed by atoms with Crippen LogP contribution in [0.1, 0.15) is 48.1 Å². The number of dihydropyridines is 1. The summed E-state index contributed by atoms with van der Waals surface area (Å²) in [4.78, 5) is 40.3. The molecule has 0 amide bonds. The molecule has 4 rings (SSSR count). The van der Waals surface area contributed by atoms with E-state index in [0.29, 0.717) is 30.0 Å². The Kier molecular flexibility index (Phi) is 9.54. The van der Waals surface area contributed by atoms with Crippen LogP contribution >= 0.6 is 0 Å². The van der Waals surface area contributed by atoms with Crippen LogP contribution in [-0.2, 0) is 25.6 Å². The van der Waals surface area contributed by atoms with E-state index in [4.69, 9.17) is 9.47 Å². The number of aryl methyl sites for hydroxylation is 1. The van der Waals surface area contributed by atoms with Gasteiger partial charge in [-0.3, -0.25) is 15.0 Å². The number of non-ortho nitro benzene ring substituents is 1. The number of hydrogen-bond acceptors (Lipinski definition) is 8. The Morgan fingerprint density at radius 2 is 1.57 bits per heavy atom. The number of allylic oxidation sites excluding steroid dienone is 2. The average molecular weight is 570 g/mol. The minimum atomic E-state index is -0.938. The highest BCUT2D eigenvalue weighted by Gasteiger charge is 2.39. The first-order valence-electron chi connectivity index (χ1n) is 13.6. The summed E-state index contributed by atoms with van der Waals surface area (Å²) in [6.45, 7) is 6.47. The molecule has 9 nitrogen and oxygen atoms in total. The summed E-state index contributed by atoms with van der Waals surface area (Å²) in [5, 5.41) is 14.7. The lowest BCUT2D eigenvalue weighted by atomic mass is 9.80. The number of methoxy groups -OCH3 is 1. The van der Waals surface area contributed by atoms with Gasteiger partial charge in [0.1, 0.15) is 6.10 Å². The fourth-order valence-corrected chi connectivity index (χ4v) is 5.22. The highest BCUT2D eigenvalue weighted by atomic mass is 16.6. The standard InChI is InChI=1S/C33H35N3O6/c1-21-14-16-25(17-15-21)28(20-35(4)19-24-10-7-6-8-11-24)42-33(38)30-23(3)34-22(2)29(32(37)41-5)31(30)26-12-9-13-27(18-26)36(39)40/h6-18,28,31,34H,19-20H2,1-5H3. The molecule has 3 aromatic carbocycles. The molecular formula is C33H35N3O6. The maximum atomic E-state index is 14.1. The van der Waals surface area contributed by atoms with Crippen molar-refractivity contribution in [2.45, 2.75) is 39.3 Å². The molecule has 2 unspecified atom stereocenters. The Labute approximate surface area is 245 Å². The van der Waals surface area contributed by atoms with Gasteiger partial charge < -0.3 is 14.8 Å². The van der Waals surface area contributed by atoms with Crippen molar-refractivity contribution < 1.29 is 24.0 Å². The van der Waals surface area contributed by atoms with E-state index >= 15 is 0 Å². The molecular weight excluding hydrogens is 534 g/mol. The number of rotatable bonds is 10. The zero-order valence-corrected chi connectivity index (χ0v) is 24.4. The van der Waals surface area contributed by atoms with Gasteiger partial charge in [0.2, 0.25) is 0 Å². The zero-order valence-electron chi connectivity index (χ0n) is 24.4. The number of hydrogen-bond donors (Lipinski definition) is 1. The first-order valence-corrected chi connectivity index (χ1v) is 13.6. The summed E-state index contributed by atoms with van der Waals surface area (Å²) >= 11 is 0. The lowest BCUT2D eigenvalue weighted by Crippen LogP contribution is -2.34. The first-order chi connectivity index (χ1) is 20.1. The Hall–Kier alpha value is -4.76. The maximum Gasteiger partial charge on any atom is 0.337 e. The highest BCUT2D eigenvalue weighted by Crippen LogP contribution is 2.41. The largest absolute Gasteiger partial charge is 0.466 e. The minimum absolute atomic E-state index is 0.154. The van der Waals surface area contributed by atoms with Crippen molar-refractivity contribution in [3.63, 3.8) is 0 Å². The van der Waals surface area contributed by atoms with Crippen LogP contribution in [0.4, 0.5) is 5.69 Å². The average Bonchev–Trinajstić information content (AvgIpc) is 2.97. The first kappa shape index (κ1) is 30.2. The van der Waals surface area contributed by atoms with Crippen molar-refractivity contribution in [1.29, 1.82) is 0 Å². The van der Waals surface area contributed by atoms with Gasteiger partial charge in [0, 0.05) is 36.6 Å². The van der Waals surface area contributed by atoms with Gasteiger partial charge in [-0.25, -0.2) is 9.59 Å². The van der Waals surface area contributed by atoms with E-state index in [1.165, 1.54) is 25.3 Å². The highest BCUT2D eigenvalue weighted by molar-refractivity contribution is 6.00. The SMILES string of the molecule is COC(=O)C1=C(C)NC(C)=C(C(=O)OC(CN(C)Cc2ccccc2)c2ccc(C)cc2)C1c1cccc([N+](=O)[O-])c1. The van der Waals surface area contributed by atoms with Gasteiger partial charge in [-0.1, -0.05) is 72.3 Å². The van der Waals surface area contributed by atoms with E-state index in [1.807, 2.05) is 68.6 Å². The number of nitrogens with zero attached hydrogens (tertiary/aromatic N) is 2. The molecule has 1 aliphatic rings. The predicted octanol–water partition coefficient (Wildman–Crippen LogP) is 5.73. The number of carbonyl (C=O) groups is 2. The molecule has 9 heteroatoms. The van der Waals surface area contributed by atoms with E-state index in [0.717, 1.165) is 16.7 Å². The molecule has 1 N–H and O–H groups in total. The number of carbonyl (C=O) groups excluding carboxylic acids is 2. The summed E-state index contributed by atoms with van der Waals surface area (Å²) < 4.78 is 11.3. The number of nitrogens with one attached hydrogen (secondary N) is 1. The predicted molar refractivity (Wildman–Crippen MR) is 159 cm³/mol. The number of nitro benzene ring substituents is 1. The van der Waals surface area contributed by atoms with Crippen LogP contribution in [0.25, 0.3) is 0 Å². The fraction of sp³-hybridized carbons (Fsp3) is 0.273. The third kappa shape index (κ3) is 6.92. The molecule has 1 aliphatic heterocycles. The van der Waals surface area contributed by atoms with Crippen molar-refractivity contribution in [3.05, 3.63) is 134 Å². The number of esters is 2. The molecule has 2 atom stereocenters. The molecule has 1 heterocycles. The quantitative estimate of drug-likeness (QED) is 0.187. The van der Waals surface area contributed by atoms with Crippen molar-refractivity contribution in [2.75, 3.05) is 20.7 Å². The second-order valence-electron chi connectivity index (χ2n) is 10.5. The van der Waals surface area contributed by atoms with E-state index in [1.54, 1.807) is 19.9 Å². The second-order valence-corrected chi connectivity index (χ2v) is 10.5. The molecule has 0 spiro atoms. The fourth-order valence-electron chi connectivity index (χ4n) is 5.22. The van der Waals surface area contributed by atoms with Crippen molar-refractivity contribution in [2.24, 2.45) is 0 Å². The van der Waals surface area contributed by atoms with Crippen molar-refractivity contribution >= 4 is 17.6 Å². The van der Waals surface area contributed by atoms with E-state index in [-0.39, 0.29) is 16.8 Å². The molecule has 218 valence electrons. The number of benzene rings is 3. The van der Waals surface area contributed by atoms with Crippen LogP contribution < -0.4 is 5.32 Å². The van der Waals surface area contributed by atoms with Gasteiger partial charge in [-0.05, 0) is 44.5 Å². The lowest BCUT2D eigenvalue weighted by molar-refractivity contribution is -0.384. The normalized spacial score (nSPS) is 15.7. The van der Waals surface area contributed by atoms with Gasteiger partial charge in [0.05, 0.1) is 29.1 Å². The summed E-state index contributed by atoms with van der Waals surface area (Å²) in [5.74, 6) is -2.22. The van der Waals surface area contributed by atoms with Crippen molar-refractivity contribution in [3.8, 4) is 0 Å². The summed E-state index contributed by atoms with van der Waals surface area (Å²) in [5.41, 5.74) is 4.62. The van der Waals surface area contributed by atoms with E-state index in [2.05, 4.69) is 10.2 Å². The summed E-state index contributed by atoms with van der Waals surface area (Å²) in [6.07, 6.45) is -0.633. The third-order valence-corrected chi connectivity index (χ3v) is 7.27. The van der Waals surface area contributed by atoms with Crippen LogP contribution in [0.5, 0.6) is 0 Å². The smallest absolute Gasteiger partial charge is 0.337 e. The maximum absolute atomic E-state index is 14.1. The third-order valence-electron chi connectivity index (χ3n) is 7.27. The van der Waals surface area contributed by atoms with Gasteiger partial charge in [0.25, 0.3) is 5.69 Å². The van der Waals surface area contributed by atoms with Crippen molar-refractivity contribution in [1.82, 2.24) is 10.2 Å². The minimum Gasteiger partial charge on any atom is -0.466 e. The number of likely N-dealkylation sites (N-methyl/N-ethyl adjacent to an activating group) is 1. The van der Waals surface area contributed by atoms with Crippen LogP contribution in [0, 0.1) is 17.0 Å². The second kappa shape index (κ2) is 13.3. The number of nitro groups is 1. The molecule has 0 saturated heterocycles. The molecule has 0 aromatic heterocycles. The summed E-state index contributed by atoms with van der Waals surface area (Å²) in [6, 6.07) is 23.7. The van der Waals surface area contributed by atoms with Crippen LogP contribution in [0.2, 0.25) is 0 Å². The van der Waals surface area contributed by atoms with Gasteiger partial charge in [-0.2, -0.15) is 0 Å². The molecule has 0 fully saturated rings. The number of ether oxygens (including phenoxy) is 2.